The number of rotatable bonds is 4. The van der Waals surface area contributed by atoms with Gasteiger partial charge in [-0.15, -0.1) is 0 Å². The number of nitrogens with two attached hydrogens (primary N) is 1. The van der Waals surface area contributed by atoms with Crippen molar-refractivity contribution >= 4 is 11.0 Å². The lowest BCUT2D eigenvalue weighted by atomic mass is 9.74. The minimum atomic E-state index is -0.881. The van der Waals surface area contributed by atoms with Gasteiger partial charge in [0.15, 0.2) is 0 Å². The van der Waals surface area contributed by atoms with Crippen LogP contribution in [-0.2, 0) is 5.41 Å². The summed E-state index contributed by atoms with van der Waals surface area (Å²) in [6.45, 7) is 4.09. The van der Waals surface area contributed by atoms with E-state index < -0.39 is 11.6 Å². The molecule has 0 saturated carbocycles. The van der Waals surface area contributed by atoms with E-state index in [2.05, 4.69) is 0 Å². The Bertz CT molecular complexity index is 498. The van der Waals surface area contributed by atoms with Gasteiger partial charge in [0.25, 0.3) is 0 Å². The lowest BCUT2D eigenvalue weighted by molar-refractivity contribution is 0.0792. The van der Waals surface area contributed by atoms with E-state index in [1.54, 1.807) is 6.26 Å². The molecule has 1 aromatic carbocycles. The summed E-state index contributed by atoms with van der Waals surface area (Å²) in [6.07, 6.45) is 2.35. The van der Waals surface area contributed by atoms with Crippen molar-refractivity contribution in [3.63, 3.8) is 0 Å². The van der Waals surface area contributed by atoms with Gasteiger partial charge in [0.05, 0.1) is 6.26 Å². The fourth-order valence-corrected chi connectivity index (χ4v) is 2.59. The Morgan fingerprint density at radius 2 is 2.00 bits per heavy atom. The van der Waals surface area contributed by atoms with Crippen LogP contribution in [0.15, 0.2) is 34.9 Å². The number of furan rings is 1. The maximum atomic E-state index is 9.95. The van der Waals surface area contributed by atoms with Crippen LogP contribution in [0.25, 0.3) is 11.0 Å². The van der Waals surface area contributed by atoms with Crippen LogP contribution in [0, 0.1) is 0 Å². The van der Waals surface area contributed by atoms with Crippen LogP contribution in [0.1, 0.15) is 32.3 Å². The number of para-hydroxylation sites is 1. The number of fused-ring (bicyclic) bond motifs is 1. The van der Waals surface area contributed by atoms with Crippen LogP contribution < -0.4 is 5.73 Å². The first-order valence-corrected chi connectivity index (χ1v) is 6.06. The molecule has 0 aliphatic carbocycles. The smallest absolute Gasteiger partial charge is 0.137 e. The molecule has 0 amide bonds. The molecule has 0 aliphatic heterocycles. The lowest BCUT2D eigenvalue weighted by Crippen LogP contribution is -2.44. The summed E-state index contributed by atoms with van der Waals surface area (Å²) in [7, 11) is 0. The monoisotopic (exact) mass is 233 g/mol. The zero-order valence-corrected chi connectivity index (χ0v) is 10.3. The highest BCUT2D eigenvalue weighted by Crippen LogP contribution is 2.38. The Hall–Kier alpha value is -1.32. The molecule has 0 saturated heterocycles. The standard InChI is InChI=1S/C14H19NO2/c1-3-14(4-2,13(15)16)11-7-5-6-10-8-9-17-12(10)11/h5-9,13,16H,3-4,15H2,1-2H3. The van der Waals surface area contributed by atoms with Gasteiger partial charge in [-0.2, -0.15) is 0 Å². The van der Waals surface area contributed by atoms with Crippen LogP contribution in [0.2, 0.25) is 0 Å². The summed E-state index contributed by atoms with van der Waals surface area (Å²) in [6, 6.07) is 7.91. The van der Waals surface area contributed by atoms with E-state index in [4.69, 9.17) is 10.2 Å². The molecule has 0 aliphatic rings. The zero-order chi connectivity index (χ0) is 12.5. The fourth-order valence-electron chi connectivity index (χ4n) is 2.59. The second-order valence-corrected chi connectivity index (χ2v) is 4.45. The normalized spacial score (nSPS) is 14.1. The second-order valence-electron chi connectivity index (χ2n) is 4.45. The maximum Gasteiger partial charge on any atom is 0.137 e. The summed E-state index contributed by atoms with van der Waals surface area (Å²) in [5, 5.41) is 11.0. The van der Waals surface area contributed by atoms with Crippen molar-refractivity contribution in [3.8, 4) is 0 Å². The molecule has 17 heavy (non-hydrogen) atoms. The number of aliphatic hydroxyl groups is 1. The van der Waals surface area contributed by atoms with Gasteiger partial charge >= 0.3 is 0 Å². The molecule has 1 atom stereocenters. The Labute approximate surface area is 101 Å². The largest absolute Gasteiger partial charge is 0.464 e. The van der Waals surface area contributed by atoms with Crippen molar-refractivity contribution in [2.45, 2.75) is 38.3 Å². The van der Waals surface area contributed by atoms with Crippen molar-refractivity contribution in [3.05, 3.63) is 36.1 Å². The minimum absolute atomic E-state index is 0.433. The van der Waals surface area contributed by atoms with Crippen molar-refractivity contribution in [1.29, 1.82) is 0 Å². The fraction of sp³-hybridized carbons (Fsp3) is 0.429. The van der Waals surface area contributed by atoms with Crippen molar-refractivity contribution in [2.75, 3.05) is 0 Å². The second kappa shape index (κ2) is 4.51. The van der Waals surface area contributed by atoms with Crippen LogP contribution in [0.3, 0.4) is 0 Å². The average molecular weight is 233 g/mol. The van der Waals surface area contributed by atoms with E-state index in [9.17, 15) is 5.11 Å². The van der Waals surface area contributed by atoms with Crippen molar-refractivity contribution in [1.82, 2.24) is 0 Å². The summed E-state index contributed by atoms with van der Waals surface area (Å²) in [5.74, 6) is 0. The first-order chi connectivity index (χ1) is 8.15. The number of hydrogen-bond acceptors (Lipinski definition) is 3. The molecular weight excluding hydrogens is 214 g/mol. The molecule has 0 fully saturated rings. The van der Waals surface area contributed by atoms with E-state index in [1.165, 1.54) is 0 Å². The highest BCUT2D eigenvalue weighted by molar-refractivity contribution is 5.81. The zero-order valence-electron chi connectivity index (χ0n) is 10.3. The van der Waals surface area contributed by atoms with Gasteiger partial charge in [-0.3, -0.25) is 0 Å². The van der Waals surface area contributed by atoms with E-state index >= 15 is 0 Å². The third-order valence-corrected chi connectivity index (χ3v) is 3.84. The first-order valence-electron chi connectivity index (χ1n) is 6.06. The van der Waals surface area contributed by atoms with Gasteiger partial charge in [0.2, 0.25) is 0 Å². The van der Waals surface area contributed by atoms with Crippen LogP contribution in [0.5, 0.6) is 0 Å². The summed E-state index contributed by atoms with van der Waals surface area (Å²) in [5.41, 5.74) is 7.20. The third-order valence-electron chi connectivity index (χ3n) is 3.84. The summed E-state index contributed by atoms with van der Waals surface area (Å²) < 4.78 is 5.54. The molecule has 1 aromatic heterocycles. The predicted octanol–water partition coefficient (Wildman–Crippen LogP) is 2.77. The van der Waals surface area contributed by atoms with Gasteiger partial charge in [-0.1, -0.05) is 32.0 Å². The molecule has 0 bridgehead atoms. The Morgan fingerprint density at radius 1 is 1.29 bits per heavy atom. The molecule has 1 unspecified atom stereocenters. The van der Waals surface area contributed by atoms with Crippen LogP contribution in [0.4, 0.5) is 0 Å². The Kier molecular flexibility index (Phi) is 3.22. The number of aliphatic hydroxyl groups excluding tert-OH is 1. The van der Waals surface area contributed by atoms with Crippen LogP contribution in [-0.4, -0.2) is 11.3 Å². The lowest BCUT2D eigenvalue weighted by Gasteiger charge is -2.34. The van der Waals surface area contributed by atoms with Gasteiger partial charge < -0.3 is 15.3 Å². The van der Waals surface area contributed by atoms with Crippen molar-refractivity contribution < 1.29 is 9.52 Å². The average Bonchev–Trinajstić information content (AvgIpc) is 2.79. The molecule has 2 aromatic rings. The molecule has 2 rings (SSSR count). The summed E-state index contributed by atoms with van der Waals surface area (Å²) >= 11 is 0. The van der Waals surface area contributed by atoms with E-state index in [-0.39, 0.29) is 0 Å². The molecule has 1 heterocycles. The molecule has 3 heteroatoms. The van der Waals surface area contributed by atoms with Crippen molar-refractivity contribution in [2.24, 2.45) is 5.73 Å². The van der Waals surface area contributed by atoms with Crippen LogP contribution >= 0.6 is 0 Å². The quantitative estimate of drug-likeness (QED) is 0.798. The first kappa shape index (κ1) is 12.1. The van der Waals surface area contributed by atoms with Gasteiger partial charge in [-0.05, 0) is 18.9 Å². The van der Waals surface area contributed by atoms with E-state index in [0.717, 1.165) is 29.4 Å². The topological polar surface area (TPSA) is 59.4 Å². The minimum Gasteiger partial charge on any atom is -0.464 e. The van der Waals surface area contributed by atoms with E-state index in [0.29, 0.717) is 0 Å². The molecule has 92 valence electrons. The Morgan fingerprint density at radius 3 is 2.59 bits per heavy atom. The predicted molar refractivity (Wildman–Crippen MR) is 68.7 cm³/mol. The number of benzene rings is 1. The highest BCUT2D eigenvalue weighted by Gasteiger charge is 2.36. The Balaban J connectivity index is 2.67. The van der Waals surface area contributed by atoms with Gasteiger partial charge in [0.1, 0.15) is 11.8 Å². The molecule has 3 nitrogen and oxygen atoms in total. The summed E-state index contributed by atoms with van der Waals surface area (Å²) in [4.78, 5) is 0. The molecule has 3 N–H and O–H groups in total. The van der Waals surface area contributed by atoms with Gasteiger partial charge in [0, 0.05) is 16.4 Å². The molecular formula is C14H19NO2. The molecule has 0 radical (unpaired) electrons. The SMILES string of the molecule is CCC(CC)(c1cccc2ccoc12)C(N)O. The number of hydrogen-bond donors (Lipinski definition) is 2. The maximum absolute atomic E-state index is 9.95. The highest BCUT2D eigenvalue weighted by atomic mass is 16.3. The van der Waals surface area contributed by atoms with E-state index in [1.807, 2.05) is 38.1 Å². The third kappa shape index (κ3) is 1.75. The van der Waals surface area contributed by atoms with Gasteiger partial charge in [-0.25, -0.2) is 0 Å². The molecule has 0 spiro atoms.